The largest absolute Gasteiger partial charge is 0.481 e. The predicted octanol–water partition coefficient (Wildman–Crippen LogP) is 1.66. The van der Waals surface area contributed by atoms with Crippen LogP contribution >= 0.6 is 7.60 Å². The first kappa shape index (κ1) is 17.1. The summed E-state index contributed by atoms with van der Waals surface area (Å²) in [7, 11) is -3.82. The molecular weight excluding hydrogens is 263 g/mol. The molecule has 0 fully saturated rings. The minimum absolute atomic E-state index is 0.0484. The van der Waals surface area contributed by atoms with Crippen molar-refractivity contribution < 1.29 is 33.0 Å². The maximum absolute atomic E-state index is 12.4. The van der Waals surface area contributed by atoms with Crippen molar-refractivity contribution in [2.24, 2.45) is 0 Å². The van der Waals surface area contributed by atoms with Gasteiger partial charge in [-0.15, -0.1) is 0 Å². The molecule has 0 amide bonds. The number of ether oxygens (including phenoxy) is 1. The lowest BCUT2D eigenvalue weighted by molar-refractivity contribution is -0.147. The Balaban J connectivity index is 5.15. The van der Waals surface area contributed by atoms with Gasteiger partial charge in [0, 0.05) is 0 Å². The normalized spacial score (nSPS) is 13.1. The van der Waals surface area contributed by atoms with Gasteiger partial charge in [-0.25, -0.2) is 0 Å². The maximum atomic E-state index is 12.4. The van der Waals surface area contributed by atoms with Crippen LogP contribution in [0.1, 0.15) is 27.2 Å². The van der Waals surface area contributed by atoms with E-state index in [1.54, 1.807) is 20.8 Å². The second kappa shape index (κ2) is 8.24. The fourth-order valence-corrected chi connectivity index (χ4v) is 3.17. The van der Waals surface area contributed by atoms with Gasteiger partial charge in [0.05, 0.1) is 26.2 Å². The summed E-state index contributed by atoms with van der Waals surface area (Å²) in [6, 6.07) is 0. The molecule has 1 N–H and O–H groups in total. The minimum Gasteiger partial charge on any atom is -0.481 e. The van der Waals surface area contributed by atoms with Gasteiger partial charge in [-0.3, -0.25) is 14.2 Å². The molecule has 106 valence electrons. The standard InChI is InChI=1S/C10H19O7P/c1-4-15-10(13)8(7-9(11)12)18(14,16-5-2)17-6-3/h8H,4-7H2,1-3H3,(H,11,12). The Kier molecular flexibility index (Phi) is 7.82. The van der Waals surface area contributed by atoms with Crippen molar-refractivity contribution in [2.45, 2.75) is 32.9 Å². The molecule has 0 saturated heterocycles. The van der Waals surface area contributed by atoms with Crippen LogP contribution < -0.4 is 0 Å². The van der Waals surface area contributed by atoms with Gasteiger partial charge in [0.2, 0.25) is 0 Å². The fourth-order valence-electron chi connectivity index (χ4n) is 1.31. The molecular formula is C10H19O7P. The Bertz CT molecular complexity index is 318. The van der Waals surface area contributed by atoms with E-state index in [0.29, 0.717) is 0 Å². The highest BCUT2D eigenvalue weighted by Gasteiger charge is 2.43. The van der Waals surface area contributed by atoms with Gasteiger partial charge in [-0.1, -0.05) is 0 Å². The lowest BCUT2D eigenvalue weighted by atomic mass is 10.3. The molecule has 0 aliphatic rings. The van der Waals surface area contributed by atoms with Crippen LogP contribution in [0.4, 0.5) is 0 Å². The SMILES string of the molecule is CCOC(=O)C(CC(=O)O)P(=O)(OCC)OCC. The first-order valence-corrected chi connectivity index (χ1v) is 7.29. The lowest BCUT2D eigenvalue weighted by Crippen LogP contribution is -2.28. The number of carboxylic acids is 1. The molecule has 0 radical (unpaired) electrons. The van der Waals surface area contributed by atoms with Gasteiger partial charge in [-0.05, 0) is 20.8 Å². The van der Waals surface area contributed by atoms with E-state index in [9.17, 15) is 14.2 Å². The third-order valence-corrected chi connectivity index (χ3v) is 4.32. The third-order valence-electron chi connectivity index (χ3n) is 1.93. The van der Waals surface area contributed by atoms with E-state index in [4.69, 9.17) is 18.9 Å². The Morgan fingerprint density at radius 1 is 1.11 bits per heavy atom. The number of esters is 1. The molecule has 0 aromatic rings. The molecule has 0 spiro atoms. The zero-order valence-corrected chi connectivity index (χ0v) is 11.6. The summed E-state index contributed by atoms with van der Waals surface area (Å²) in [5.41, 5.74) is -1.44. The zero-order valence-electron chi connectivity index (χ0n) is 10.7. The molecule has 0 aromatic heterocycles. The lowest BCUT2D eigenvalue weighted by Gasteiger charge is -2.23. The third kappa shape index (κ3) is 5.16. The van der Waals surface area contributed by atoms with Crippen LogP contribution in [0.5, 0.6) is 0 Å². The summed E-state index contributed by atoms with van der Waals surface area (Å²) in [5.74, 6) is -2.15. The topological polar surface area (TPSA) is 99.1 Å². The predicted molar refractivity (Wildman–Crippen MR) is 63.5 cm³/mol. The van der Waals surface area contributed by atoms with E-state index < -0.39 is 31.6 Å². The number of carbonyl (C=O) groups excluding carboxylic acids is 1. The summed E-state index contributed by atoms with van der Waals surface area (Å²) in [5, 5.41) is 8.76. The van der Waals surface area contributed by atoms with Crippen LogP contribution in [0.15, 0.2) is 0 Å². The van der Waals surface area contributed by atoms with Crippen molar-refractivity contribution in [2.75, 3.05) is 19.8 Å². The number of aliphatic carboxylic acids is 1. The zero-order chi connectivity index (χ0) is 14.2. The molecule has 8 heteroatoms. The van der Waals surface area contributed by atoms with E-state index in [1.807, 2.05) is 0 Å². The van der Waals surface area contributed by atoms with E-state index >= 15 is 0 Å². The van der Waals surface area contributed by atoms with Crippen LogP contribution in [0.3, 0.4) is 0 Å². The van der Waals surface area contributed by atoms with Crippen molar-refractivity contribution in [1.29, 1.82) is 0 Å². The maximum Gasteiger partial charge on any atom is 0.345 e. The van der Waals surface area contributed by atoms with Gasteiger partial charge >= 0.3 is 19.5 Å². The van der Waals surface area contributed by atoms with Gasteiger partial charge in [0.15, 0.2) is 5.66 Å². The second-order valence-corrected chi connectivity index (χ2v) is 5.46. The molecule has 1 unspecified atom stereocenters. The Morgan fingerprint density at radius 2 is 1.61 bits per heavy atom. The van der Waals surface area contributed by atoms with Crippen LogP contribution in [0.2, 0.25) is 0 Å². The highest BCUT2D eigenvalue weighted by molar-refractivity contribution is 7.55. The Labute approximate surface area is 106 Å². The minimum atomic E-state index is -3.82. The van der Waals surface area contributed by atoms with Crippen molar-refractivity contribution >= 4 is 19.5 Å². The summed E-state index contributed by atoms with van der Waals surface area (Å²) < 4.78 is 27.0. The first-order valence-electron chi connectivity index (χ1n) is 5.68. The number of rotatable bonds is 9. The first-order chi connectivity index (χ1) is 8.41. The quantitative estimate of drug-likeness (QED) is 0.507. The molecule has 7 nitrogen and oxygen atoms in total. The molecule has 0 aromatic carbocycles. The van der Waals surface area contributed by atoms with Crippen LogP contribution in [-0.4, -0.2) is 42.5 Å². The molecule has 0 bridgehead atoms. The monoisotopic (exact) mass is 282 g/mol. The molecule has 0 aliphatic carbocycles. The van der Waals surface area contributed by atoms with Crippen molar-refractivity contribution in [3.63, 3.8) is 0 Å². The van der Waals surface area contributed by atoms with Gasteiger partial charge < -0.3 is 18.9 Å². The van der Waals surface area contributed by atoms with Crippen LogP contribution in [-0.2, 0) is 27.9 Å². The average molecular weight is 282 g/mol. The highest BCUT2D eigenvalue weighted by atomic mass is 31.2. The molecule has 0 aliphatic heterocycles. The summed E-state index contributed by atoms with van der Waals surface area (Å²) in [4.78, 5) is 22.4. The van der Waals surface area contributed by atoms with Crippen molar-refractivity contribution in [3.8, 4) is 0 Å². The molecule has 0 rings (SSSR count). The Morgan fingerprint density at radius 3 is 1.94 bits per heavy atom. The smallest absolute Gasteiger partial charge is 0.345 e. The summed E-state index contributed by atoms with van der Waals surface area (Å²) >= 11 is 0. The van der Waals surface area contributed by atoms with Gasteiger partial charge in [0.25, 0.3) is 0 Å². The molecule has 0 saturated carbocycles. The van der Waals surface area contributed by atoms with Crippen molar-refractivity contribution in [1.82, 2.24) is 0 Å². The van der Waals surface area contributed by atoms with Crippen LogP contribution in [0.25, 0.3) is 0 Å². The van der Waals surface area contributed by atoms with E-state index in [-0.39, 0.29) is 19.8 Å². The highest BCUT2D eigenvalue weighted by Crippen LogP contribution is 2.54. The van der Waals surface area contributed by atoms with Gasteiger partial charge in [-0.2, -0.15) is 0 Å². The van der Waals surface area contributed by atoms with E-state index in [2.05, 4.69) is 0 Å². The summed E-state index contributed by atoms with van der Waals surface area (Å²) in [6.07, 6.45) is -0.657. The number of hydrogen-bond acceptors (Lipinski definition) is 6. The molecule has 1 atom stereocenters. The number of hydrogen-bond donors (Lipinski definition) is 1. The number of carboxylic acid groups (broad SMARTS) is 1. The molecule has 0 heterocycles. The second-order valence-electron chi connectivity index (χ2n) is 3.24. The van der Waals surface area contributed by atoms with Crippen LogP contribution in [0, 0.1) is 0 Å². The average Bonchev–Trinajstić information content (AvgIpc) is 2.26. The summed E-state index contributed by atoms with van der Waals surface area (Å²) in [6.45, 7) is 4.89. The molecule has 18 heavy (non-hydrogen) atoms. The number of carbonyl (C=O) groups is 2. The fraction of sp³-hybridized carbons (Fsp3) is 0.800. The van der Waals surface area contributed by atoms with E-state index in [0.717, 1.165) is 0 Å². The van der Waals surface area contributed by atoms with E-state index in [1.165, 1.54) is 0 Å². The van der Waals surface area contributed by atoms with Gasteiger partial charge in [0.1, 0.15) is 0 Å². The Hall–Kier alpha value is -0.910. The van der Waals surface area contributed by atoms with Crippen molar-refractivity contribution in [3.05, 3.63) is 0 Å².